The van der Waals surface area contributed by atoms with Gasteiger partial charge in [0.05, 0.1) is 11.6 Å². The van der Waals surface area contributed by atoms with Crippen molar-refractivity contribution in [2.75, 3.05) is 18.3 Å². The molecule has 4 fully saturated rings. The molecule has 6 aliphatic rings. The van der Waals surface area contributed by atoms with Gasteiger partial charge in [-0.2, -0.15) is 0 Å². The fraction of sp³-hybridized carbons (Fsp3) is 0.750. The van der Waals surface area contributed by atoms with E-state index in [1.807, 2.05) is 17.3 Å². The van der Waals surface area contributed by atoms with Gasteiger partial charge in [-0.05, 0) is 139 Å². The average molecular weight is 648 g/mol. The zero-order chi connectivity index (χ0) is 33.0. The predicted octanol–water partition coefficient (Wildman–Crippen LogP) is 10.2. The first-order valence-electron chi connectivity index (χ1n) is 18.5. The number of hydrogen-bond donors (Lipinski definition) is 0. The van der Waals surface area contributed by atoms with Gasteiger partial charge < -0.3 is 0 Å². The van der Waals surface area contributed by atoms with Gasteiger partial charge in [0.15, 0.2) is 11.6 Å². The second-order valence-corrected chi connectivity index (χ2v) is 18.2. The summed E-state index contributed by atoms with van der Waals surface area (Å²) >= 11 is 6.22. The van der Waals surface area contributed by atoms with Gasteiger partial charge in [-0.25, -0.2) is 9.82 Å². The zero-order valence-corrected chi connectivity index (χ0v) is 30.8. The number of hydrazine groups is 1. The molecule has 5 aliphatic carbocycles. The smallest absolute Gasteiger partial charge is 0.176 e. The summed E-state index contributed by atoms with van der Waals surface area (Å²) in [6.07, 6.45) is 14.6. The van der Waals surface area contributed by atoms with Crippen molar-refractivity contribution in [1.82, 2.24) is 9.99 Å². The van der Waals surface area contributed by atoms with E-state index in [-0.39, 0.29) is 22.2 Å². The maximum absolute atomic E-state index is 14.3. The Bertz CT molecular complexity index is 1460. The molecule has 7 rings (SSSR count). The van der Waals surface area contributed by atoms with Gasteiger partial charge in [-0.1, -0.05) is 67.0 Å². The maximum atomic E-state index is 14.3. The molecule has 0 bridgehead atoms. The highest BCUT2D eigenvalue weighted by molar-refractivity contribution is 6.30. The number of anilines is 1. The summed E-state index contributed by atoms with van der Waals surface area (Å²) in [5.74, 6) is 4.05. The topological polar surface area (TPSA) is 45.7 Å². The van der Waals surface area contributed by atoms with Crippen molar-refractivity contribution in [3.05, 3.63) is 46.3 Å². The van der Waals surface area contributed by atoms with E-state index in [1.54, 1.807) is 6.20 Å². The van der Waals surface area contributed by atoms with Gasteiger partial charge >= 0.3 is 0 Å². The number of nitrogens with zero attached hydrogens (tertiary/aromatic N) is 3. The predicted molar refractivity (Wildman–Crippen MR) is 187 cm³/mol. The van der Waals surface area contributed by atoms with Crippen LogP contribution in [0.5, 0.6) is 0 Å². The SMILES string of the molecule is CCN1C([C@@]23CC[C@]4(C)C(CC[C@@H]5[C@@]6(C)CCC(C)C(C)(C)[C@@H]6CC[C@]54C)C2=C(C(C)C)C(=O)C3)=CCON1c1ccc(Cl)cn1. The Hall–Kier alpha value is -1.85. The van der Waals surface area contributed by atoms with Gasteiger partial charge in [0, 0.05) is 30.3 Å². The van der Waals surface area contributed by atoms with Crippen LogP contribution in [0, 0.1) is 56.7 Å². The molecule has 0 amide bonds. The number of carbonyl (C=O) groups is 1. The summed E-state index contributed by atoms with van der Waals surface area (Å²) < 4.78 is 0. The molecule has 0 spiro atoms. The molecule has 0 saturated heterocycles. The van der Waals surface area contributed by atoms with E-state index in [0.29, 0.717) is 40.6 Å². The number of hydrogen-bond acceptors (Lipinski definition) is 5. The molecule has 252 valence electrons. The Morgan fingerprint density at radius 2 is 1.74 bits per heavy atom. The van der Waals surface area contributed by atoms with Gasteiger partial charge in [0.2, 0.25) is 0 Å². The lowest BCUT2D eigenvalue weighted by molar-refractivity contribution is -0.219. The standard InChI is InChI=1S/C40H58ClN3O2/c1-10-43-32(17-22-46-44(43)33-14-11-27(41)24-42-33)40-21-20-38(8)28(35(40)34(25(2)3)29(45)23-40)12-13-31-37(7)18-15-26(4)36(5,6)30(37)16-19-39(31,38)9/h11,14,17,24-26,28,30-31H,10,12-13,15-16,18-23H2,1-9H3/t26?,28?,30-,31+,37-,38+,39+,40-/m0/s1. The summed E-state index contributed by atoms with van der Waals surface area (Å²) in [5.41, 5.74) is 4.80. The first-order chi connectivity index (χ1) is 21.7. The minimum absolute atomic E-state index is 0.168. The number of rotatable bonds is 4. The molecule has 6 heteroatoms. The van der Waals surface area contributed by atoms with Crippen LogP contribution in [0.15, 0.2) is 41.2 Å². The van der Waals surface area contributed by atoms with Crippen molar-refractivity contribution in [3.8, 4) is 0 Å². The van der Waals surface area contributed by atoms with E-state index in [0.717, 1.165) is 42.1 Å². The summed E-state index contributed by atoms with van der Waals surface area (Å²) in [4.78, 5) is 25.2. The molecule has 4 saturated carbocycles. The maximum Gasteiger partial charge on any atom is 0.176 e. The number of pyridine rings is 1. The third-order valence-electron chi connectivity index (χ3n) is 15.6. The number of aromatic nitrogens is 1. The Morgan fingerprint density at radius 3 is 2.41 bits per heavy atom. The molecular formula is C40H58ClN3O2. The second-order valence-electron chi connectivity index (χ2n) is 17.7. The van der Waals surface area contributed by atoms with E-state index in [1.165, 1.54) is 56.2 Å². The first-order valence-corrected chi connectivity index (χ1v) is 18.8. The quantitative estimate of drug-likeness (QED) is 0.325. The number of allylic oxidation sites excluding steroid dienone is 2. The average Bonchev–Trinajstić information content (AvgIpc) is 3.32. The second kappa shape index (κ2) is 10.8. The van der Waals surface area contributed by atoms with Crippen LogP contribution in [0.2, 0.25) is 5.02 Å². The fourth-order valence-corrected chi connectivity index (χ4v) is 13.1. The monoisotopic (exact) mass is 647 g/mol. The molecule has 1 aromatic rings. The Kier molecular flexibility index (Phi) is 7.69. The van der Waals surface area contributed by atoms with Crippen molar-refractivity contribution < 1.29 is 9.63 Å². The van der Waals surface area contributed by atoms with E-state index < -0.39 is 0 Å². The van der Waals surface area contributed by atoms with Crippen LogP contribution in [0.3, 0.4) is 0 Å². The molecule has 0 N–H and O–H groups in total. The Labute approximate surface area is 283 Å². The number of halogens is 1. The van der Waals surface area contributed by atoms with Gasteiger partial charge in [0.1, 0.15) is 0 Å². The molecule has 2 heterocycles. The van der Waals surface area contributed by atoms with E-state index in [9.17, 15) is 4.79 Å². The highest BCUT2D eigenvalue weighted by Crippen LogP contribution is 2.77. The van der Waals surface area contributed by atoms with Crippen LogP contribution >= 0.6 is 11.6 Å². The lowest BCUT2D eigenvalue weighted by atomic mass is 9.32. The Balaban J connectivity index is 1.32. The van der Waals surface area contributed by atoms with Crippen LogP contribution in [0.4, 0.5) is 5.82 Å². The van der Waals surface area contributed by atoms with Gasteiger partial charge in [-0.15, -0.1) is 5.17 Å². The van der Waals surface area contributed by atoms with Crippen molar-refractivity contribution in [3.63, 3.8) is 0 Å². The zero-order valence-electron chi connectivity index (χ0n) is 30.0. The molecule has 5 nitrogen and oxygen atoms in total. The molecule has 0 radical (unpaired) electrons. The number of Topliss-reactive ketones (excluding diaryl/α,β-unsaturated/α-hetero) is 1. The van der Waals surface area contributed by atoms with E-state index in [2.05, 4.69) is 78.4 Å². The van der Waals surface area contributed by atoms with Crippen molar-refractivity contribution in [2.45, 2.75) is 120 Å². The fourth-order valence-electron chi connectivity index (χ4n) is 13.0. The lowest BCUT2D eigenvalue weighted by Gasteiger charge is -2.72. The number of carbonyl (C=O) groups excluding carboxylic acids is 1. The minimum atomic E-state index is -0.294. The lowest BCUT2D eigenvalue weighted by Crippen LogP contribution is -2.65. The normalized spacial score (nSPS) is 42.0. The largest absolute Gasteiger partial charge is 0.294 e. The van der Waals surface area contributed by atoms with Crippen LogP contribution in [-0.4, -0.2) is 28.9 Å². The Morgan fingerprint density at radius 1 is 0.978 bits per heavy atom. The van der Waals surface area contributed by atoms with Crippen molar-refractivity contribution in [2.24, 2.45) is 56.7 Å². The molecule has 1 aliphatic heterocycles. The summed E-state index contributed by atoms with van der Waals surface area (Å²) in [7, 11) is 0. The van der Waals surface area contributed by atoms with Crippen LogP contribution < -0.4 is 5.17 Å². The van der Waals surface area contributed by atoms with Crippen LogP contribution in [-0.2, 0) is 9.63 Å². The highest BCUT2D eigenvalue weighted by Gasteiger charge is 2.70. The molecule has 46 heavy (non-hydrogen) atoms. The summed E-state index contributed by atoms with van der Waals surface area (Å²) in [5, 5.41) is 4.72. The highest BCUT2D eigenvalue weighted by atomic mass is 35.5. The van der Waals surface area contributed by atoms with Crippen molar-refractivity contribution in [1.29, 1.82) is 0 Å². The molecular weight excluding hydrogens is 590 g/mol. The van der Waals surface area contributed by atoms with Crippen LogP contribution in [0.1, 0.15) is 120 Å². The third kappa shape index (κ3) is 4.21. The van der Waals surface area contributed by atoms with Gasteiger partial charge in [-0.3, -0.25) is 9.80 Å². The van der Waals surface area contributed by atoms with E-state index >= 15 is 0 Å². The van der Waals surface area contributed by atoms with Crippen molar-refractivity contribution >= 4 is 23.2 Å². The molecule has 8 atom stereocenters. The van der Waals surface area contributed by atoms with E-state index in [4.69, 9.17) is 16.4 Å². The molecule has 0 aromatic carbocycles. The minimum Gasteiger partial charge on any atom is -0.294 e. The molecule has 2 unspecified atom stereocenters. The third-order valence-corrected chi connectivity index (χ3v) is 15.9. The first kappa shape index (κ1) is 32.7. The van der Waals surface area contributed by atoms with Crippen LogP contribution in [0.25, 0.3) is 0 Å². The van der Waals surface area contributed by atoms with Gasteiger partial charge in [0.25, 0.3) is 0 Å². The number of fused-ring (bicyclic) bond motifs is 7. The summed E-state index contributed by atoms with van der Waals surface area (Å²) in [6, 6.07) is 3.79. The molecule has 1 aromatic heterocycles. The summed E-state index contributed by atoms with van der Waals surface area (Å²) in [6.45, 7) is 23.6. The number of ketones is 1.